The molecule has 0 aliphatic heterocycles. The van der Waals surface area contributed by atoms with Crippen LogP contribution in [0.2, 0.25) is 0 Å². The zero-order chi connectivity index (χ0) is 12.6. The van der Waals surface area contributed by atoms with Crippen molar-refractivity contribution in [1.29, 1.82) is 0 Å². The molecule has 16 heavy (non-hydrogen) atoms. The molecular weight excluding hydrogens is 214 g/mol. The average Bonchev–Trinajstić information content (AvgIpc) is 2.15. The maximum Gasteiger partial charge on any atom is 0.330 e. The van der Waals surface area contributed by atoms with Crippen LogP contribution in [0.4, 0.5) is 8.78 Å². The Kier molecular flexibility index (Phi) is 7.42. The van der Waals surface area contributed by atoms with Gasteiger partial charge < -0.3 is 4.74 Å². The number of alkyl halides is 2. The van der Waals surface area contributed by atoms with Gasteiger partial charge in [0, 0.05) is 11.6 Å². The third-order valence-electron chi connectivity index (χ3n) is 1.86. The molecule has 0 amide bonds. The summed E-state index contributed by atoms with van der Waals surface area (Å²) in [5, 5.41) is 0. The molecule has 0 rings (SSSR count). The molecule has 0 fully saturated rings. The number of halogens is 2. The van der Waals surface area contributed by atoms with Crippen molar-refractivity contribution in [3.8, 4) is 0 Å². The highest BCUT2D eigenvalue weighted by Gasteiger charge is 2.12. The van der Waals surface area contributed by atoms with Crippen molar-refractivity contribution in [2.24, 2.45) is 0 Å². The van der Waals surface area contributed by atoms with Crippen LogP contribution in [0.5, 0.6) is 0 Å². The van der Waals surface area contributed by atoms with Crippen molar-refractivity contribution in [3.63, 3.8) is 0 Å². The Bertz CT molecular complexity index is 277. The van der Waals surface area contributed by atoms with E-state index in [1.165, 1.54) is 0 Å². The van der Waals surface area contributed by atoms with Gasteiger partial charge in [0.15, 0.2) is 0 Å². The number of ether oxygens (including phenoxy) is 1. The third kappa shape index (κ3) is 7.15. The molecule has 0 aromatic rings. The molecule has 0 atom stereocenters. The molecule has 0 saturated carbocycles. The second-order valence-corrected chi connectivity index (χ2v) is 3.59. The first kappa shape index (κ1) is 14.8. The van der Waals surface area contributed by atoms with Gasteiger partial charge in [-0.3, -0.25) is 0 Å². The SMILES string of the molecule is CCOC(=O)/C=C(\CCC=C(C)C)C(F)F. The van der Waals surface area contributed by atoms with E-state index in [0.29, 0.717) is 6.42 Å². The maximum atomic E-state index is 12.5. The van der Waals surface area contributed by atoms with E-state index in [-0.39, 0.29) is 18.6 Å². The van der Waals surface area contributed by atoms with Crippen molar-refractivity contribution in [3.05, 3.63) is 23.3 Å². The number of carbonyl (C=O) groups is 1. The average molecular weight is 232 g/mol. The van der Waals surface area contributed by atoms with E-state index in [2.05, 4.69) is 4.74 Å². The number of hydrogen-bond donors (Lipinski definition) is 0. The summed E-state index contributed by atoms with van der Waals surface area (Å²) < 4.78 is 29.6. The van der Waals surface area contributed by atoms with Gasteiger partial charge in [-0.2, -0.15) is 0 Å². The monoisotopic (exact) mass is 232 g/mol. The normalized spacial score (nSPS) is 11.5. The highest BCUT2D eigenvalue weighted by atomic mass is 19.3. The van der Waals surface area contributed by atoms with Crippen molar-refractivity contribution >= 4 is 5.97 Å². The molecule has 2 nitrogen and oxygen atoms in total. The van der Waals surface area contributed by atoms with Gasteiger partial charge in [0.1, 0.15) is 0 Å². The Morgan fingerprint density at radius 2 is 2.00 bits per heavy atom. The minimum Gasteiger partial charge on any atom is -0.463 e. The summed E-state index contributed by atoms with van der Waals surface area (Å²) in [7, 11) is 0. The molecule has 0 saturated heterocycles. The quantitative estimate of drug-likeness (QED) is 0.398. The summed E-state index contributed by atoms with van der Waals surface area (Å²) in [5.41, 5.74) is 0.903. The zero-order valence-corrected chi connectivity index (χ0v) is 9.93. The van der Waals surface area contributed by atoms with Crippen molar-refractivity contribution in [2.75, 3.05) is 6.61 Å². The van der Waals surface area contributed by atoms with Gasteiger partial charge in [-0.05, 0) is 33.6 Å². The second kappa shape index (κ2) is 8.02. The van der Waals surface area contributed by atoms with Gasteiger partial charge in [-0.1, -0.05) is 11.6 Å². The molecule has 0 bridgehead atoms. The molecule has 0 unspecified atom stereocenters. The summed E-state index contributed by atoms with van der Waals surface area (Å²) >= 11 is 0. The van der Waals surface area contributed by atoms with Crippen LogP contribution in [-0.4, -0.2) is 19.0 Å². The Morgan fingerprint density at radius 3 is 2.44 bits per heavy atom. The summed E-state index contributed by atoms with van der Waals surface area (Å²) in [5.74, 6) is -0.699. The zero-order valence-electron chi connectivity index (χ0n) is 9.93. The topological polar surface area (TPSA) is 26.3 Å². The highest BCUT2D eigenvalue weighted by Crippen LogP contribution is 2.16. The minimum absolute atomic E-state index is 0.170. The lowest BCUT2D eigenvalue weighted by molar-refractivity contribution is -0.137. The van der Waals surface area contributed by atoms with E-state index in [0.717, 1.165) is 11.6 Å². The van der Waals surface area contributed by atoms with E-state index >= 15 is 0 Å². The largest absolute Gasteiger partial charge is 0.463 e. The fourth-order valence-electron chi connectivity index (χ4n) is 1.11. The van der Waals surface area contributed by atoms with Crippen LogP contribution in [0.3, 0.4) is 0 Å². The lowest BCUT2D eigenvalue weighted by Crippen LogP contribution is -2.05. The minimum atomic E-state index is -2.60. The standard InChI is InChI=1S/C12H18F2O2/c1-4-16-11(15)8-10(12(13)14)7-5-6-9(2)3/h6,8,12H,4-5,7H2,1-3H3/b10-8+. The molecule has 92 valence electrons. The molecule has 0 heterocycles. The van der Waals surface area contributed by atoms with Crippen LogP contribution < -0.4 is 0 Å². The summed E-state index contributed by atoms with van der Waals surface area (Å²) in [6.45, 7) is 5.63. The first-order valence-electron chi connectivity index (χ1n) is 5.26. The van der Waals surface area contributed by atoms with Gasteiger partial charge in [-0.15, -0.1) is 0 Å². The van der Waals surface area contributed by atoms with Gasteiger partial charge in [0.25, 0.3) is 6.43 Å². The number of hydrogen-bond acceptors (Lipinski definition) is 2. The summed E-state index contributed by atoms with van der Waals surface area (Å²) in [4.78, 5) is 11.0. The first-order valence-corrected chi connectivity index (χ1v) is 5.26. The van der Waals surface area contributed by atoms with Gasteiger partial charge in [0.05, 0.1) is 6.61 Å². The fourth-order valence-corrected chi connectivity index (χ4v) is 1.11. The number of rotatable bonds is 6. The van der Waals surface area contributed by atoms with Crippen LogP contribution in [0.25, 0.3) is 0 Å². The van der Waals surface area contributed by atoms with Gasteiger partial charge in [-0.25, -0.2) is 13.6 Å². The Hall–Kier alpha value is -1.19. The van der Waals surface area contributed by atoms with Crippen molar-refractivity contribution in [1.82, 2.24) is 0 Å². The van der Waals surface area contributed by atoms with Crippen molar-refractivity contribution < 1.29 is 18.3 Å². The number of allylic oxidation sites excluding steroid dienone is 3. The Balaban J connectivity index is 4.38. The summed E-state index contributed by atoms with van der Waals surface area (Å²) in [6, 6.07) is 0. The fraction of sp³-hybridized carbons (Fsp3) is 0.583. The molecule has 0 aliphatic rings. The molecule has 0 N–H and O–H groups in total. The smallest absolute Gasteiger partial charge is 0.330 e. The Labute approximate surface area is 95.0 Å². The second-order valence-electron chi connectivity index (χ2n) is 3.59. The van der Waals surface area contributed by atoms with E-state index in [1.54, 1.807) is 6.92 Å². The van der Waals surface area contributed by atoms with E-state index in [1.807, 2.05) is 19.9 Å². The predicted octanol–water partition coefficient (Wildman–Crippen LogP) is 3.49. The molecule has 0 spiro atoms. The van der Waals surface area contributed by atoms with Crippen LogP contribution in [0, 0.1) is 0 Å². The molecule has 0 aliphatic carbocycles. The highest BCUT2D eigenvalue weighted by molar-refractivity contribution is 5.82. The lowest BCUT2D eigenvalue weighted by atomic mass is 10.1. The van der Waals surface area contributed by atoms with Crippen LogP contribution in [0.15, 0.2) is 23.3 Å². The van der Waals surface area contributed by atoms with E-state index in [9.17, 15) is 13.6 Å². The lowest BCUT2D eigenvalue weighted by Gasteiger charge is -2.04. The number of carbonyl (C=O) groups excluding carboxylic acids is 1. The van der Waals surface area contributed by atoms with Crippen LogP contribution in [0.1, 0.15) is 33.6 Å². The molecular formula is C12H18F2O2. The predicted molar refractivity (Wildman–Crippen MR) is 59.4 cm³/mol. The molecule has 4 heteroatoms. The number of esters is 1. The van der Waals surface area contributed by atoms with Crippen LogP contribution >= 0.6 is 0 Å². The third-order valence-corrected chi connectivity index (χ3v) is 1.86. The van der Waals surface area contributed by atoms with E-state index < -0.39 is 12.4 Å². The first-order chi connectivity index (χ1) is 7.47. The molecule has 0 aromatic carbocycles. The van der Waals surface area contributed by atoms with Gasteiger partial charge >= 0.3 is 5.97 Å². The van der Waals surface area contributed by atoms with E-state index in [4.69, 9.17) is 0 Å². The molecule has 0 aromatic heterocycles. The maximum absolute atomic E-state index is 12.5. The van der Waals surface area contributed by atoms with Gasteiger partial charge in [0.2, 0.25) is 0 Å². The van der Waals surface area contributed by atoms with Crippen molar-refractivity contribution in [2.45, 2.75) is 40.0 Å². The summed E-state index contributed by atoms with van der Waals surface area (Å²) in [6.07, 6.45) is 0.850. The van der Waals surface area contributed by atoms with Crippen LogP contribution in [-0.2, 0) is 9.53 Å². The molecule has 0 radical (unpaired) electrons. The Morgan fingerprint density at radius 1 is 1.38 bits per heavy atom.